The van der Waals surface area contributed by atoms with Gasteiger partial charge in [-0.25, -0.2) is 4.39 Å². The zero-order valence-electron chi connectivity index (χ0n) is 21.4. The van der Waals surface area contributed by atoms with Crippen molar-refractivity contribution in [1.82, 2.24) is 5.32 Å². The molecule has 0 bridgehead atoms. The fourth-order valence-electron chi connectivity index (χ4n) is 7.16. The summed E-state index contributed by atoms with van der Waals surface area (Å²) in [4.78, 5) is 39.9. The molecule has 3 aromatic rings. The number of amides is 3. The van der Waals surface area contributed by atoms with Crippen LogP contribution in [-0.4, -0.2) is 29.3 Å². The number of benzene rings is 3. The highest BCUT2D eigenvalue weighted by atomic mass is 35.5. The molecule has 5 N–H and O–H groups in total. The molecule has 3 amide bonds. The molecule has 0 radical (unpaired) electrons. The van der Waals surface area contributed by atoms with Crippen molar-refractivity contribution in [2.75, 3.05) is 10.6 Å². The minimum atomic E-state index is -1.31. The molecule has 2 heterocycles. The average molecular weight is 581 g/mol. The van der Waals surface area contributed by atoms with Crippen molar-refractivity contribution in [3.8, 4) is 0 Å². The maximum atomic E-state index is 15.9. The van der Waals surface area contributed by atoms with Crippen LogP contribution in [0.15, 0.2) is 60.7 Å². The Balaban J connectivity index is 1.54. The molecular formula is C30H27Cl2FN4O3. The zero-order valence-corrected chi connectivity index (χ0v) is 22.9. The van der Waals surface area contributed by atoms with Crippen LogP contribution in [0.3, 0.4) is 0 Å². The van der Waals surface area contributed by atoms with Crippen LogP contribution in [0, 0.1) is 5.82 Å². The number of hydrogen-bond acceptors (Lipinski definition) is 4. The van der Waals surface area contributed by atoms with Crippen LogP contribution in [0.25, 0.3) is 0 Å². The molecule has 2 spiro atoms. The number of nitrogens with two attached hydrogens (primary N) is 1. The topological polar surface area (TPSA) is 113 Å². The Hall–Kier alpha value is -3.46. The molecule has 10 heteroatoms. The van der Waals surface area contributed by atoms with Gasteiger partial charge in [0.05, 0.1) is 11.1 Å². The van der Waals surface area contributed by atoms with E-state index >= 15 is 4.39 Å². The number of fused-ring (bicyclic) bond motifs is 3. The first-order valence-electron chi connectivity index (χ1n) is 13.2. The first-order chi connectivity index (χ1) is 19.2. The third-order valence-electron chi connectivity index (χ3n) is 8.74. The highest BCUT2D eigenvalue weighted by molar-refractivity contribution is 6.31. The summed E-state index contributed by atoms with van der Waals surface area (Å²) >= 11 is 12.6. The van der Waals surface area contributed by atoms with Crippen molar-refractivity contribution < 1.29 is 18.8 Å². The maximum absolute atomic E-state index is 15.9. The monoisotopic (exact) mass is 580 g/mol. The summed E-state index contributed by atoms with van der Waals surface area (Å²) in [7, 11) is 0. The standard InChI is InChI=1S/C30H27Cl2FN4O3/c31-17-9-12-20-22(15-17)36-28(40)30(20)23(19-5-4-6-21(32)24(19)33)25(37-29(30)13-2-1-3-14-29)27(39)35-18-10-7-16(8-11-18)26(34)38/h4-12,15,23,25,37H,1-3,13-14H2,(H2,34,38)(H,35,39)(H,36,40)/t23-,25+,30+/m0/s1. The van der Waals surface area contributed by atoms with Crippen molar-refractivity contribution in [1.29, 1.82) is 0 Å². The van der Waals surface area contributed by atoms with Gasteiger partial charge in [-0.05, 0) is 66.4 Å². The third kappa shape index (κ3) is 3.92. The smallest absolute Gasteiger partial charge is 0.248 e. The lowest BCUT2D eigenvalue weighted by Crippen LogP contribution is -2.60. The van der Waals surface area contributed by atoms with Crippen molar-refractivity contribution in [2.45, 2.75) is 55.0 Å². The number of carbonyl (C=O) groups is 3. The molecule has 2 aliphatic heterocycles. The predicted octanol–water partition coefficient (Wildman–Crippen LogP) is 5.52. The molecule has 1 saturated carbocycles. The van der Waals surface area contributed by atoms with E-state index in [1.165, 1.54) is 18.2 Å². The second-order valence-electron chi connectivity index (χ2n) is 10.8. The first kappa shape index (κ1) is 26.7. The van der Waals surface area contributed by atoms with Gasteiger partial charge in [-0.3, -0.25) is 19.7 Å². The summed E-state index contributed by atoms with van der Waals surface area (Å²) in [6, 6.07) is 15.1. The second kappa shape index (κ2) is 9.87. The molecule has 3 aromatic carbocycles. The van der Waals surface area contributed by atoms with Crippen LogP contribution in [0.4, 0.5) is 15.8 Å². The van der Waals surface area contributed by atoms with E-state index < -0.39 is 40.5 Å². The number of carbonyl (C=O) groups excluding carboxylic acids is 3. The van der Waals surface area contributed by atoms with Crippen molar-refractivity contribution in [3.05, 3.63) is 93.2 Å². The molecule has 1 aliphatic carbocycles. The Bertz CT molecular complexity index is 1540. The molecule has 2 fully saturated rings. The van der Waals surface area contributed by atoms with Crippen molar-refractivity contribution in [2.24, 2.45) is 5.73 Å². The minimum Gasteiger partial charge on any atom is -0.366 e. The van der Waals surface area contributed by atoms with Crippen molar-refractivity contribution in [3.63, 3.8) is 0 Å². The summed E-state index contributed by atoms with van der Waals surface area (Å²) in [5, 5.41) is 9.85. The molecule has 0 aromatic heterocycles. The van der Waals surface area contributed by atoms with Crippen LogP contribution in [-0.2, 0) is 15.0 Å². The Labute approximate surface area is 240 Å². The highest BCUT2D eigenvalue weighted by Crippen LogP contribution is 2.62. The lowest BCUT2D eigenvalue weighted by Gasteiger charge is -2.47. The van der Waals surface area contributed by atoms with E-state index in [9.17, 15) is 14.4 Å². The summed E-state index contributed by atoms with van der Waals surface area (Å²) in [6.07, 6.45) is 3.93. The maximum Gasteiger partial charge on any atom is 0.248 e. The second-order valence-corrected chi connectivity index (χ2v) is 11.6. The Morgan fingerprint density at radius 1 is 1.00 bits per heavy atom. The van der Waals surface area contributed by atoms with E-state index in [0.717, 1.165) is 19.3 Å². The summed E-state index contributed by atoms with van der Waals surface area (Å²) in [5.41, 5.74) is 5.37. The van der Waals surface area contributed by atoms with Gasteiger partial charge in [0.2, 0.25) is 17.7 Å². The van der Waals surface area contributed by atoms with Gasteiger partial charge < -0.3 is 16.4 Å². The third-order valence-corrected chi connectivity index (χ3v) is 9.27. The van der Waals surface area contributed by atoms with E-state index in [2.05, 4.69) is 16.0 Å². The van der Waals surface area contributed by atoms with Crippen LogP contribution < -0.4 is 21.7 Å². The molecule has 3 atom stereocenters. The lowest BCUT2D eigenvalue weighted by atomic mass is 9.55. The van der Waals surface area contributed by atoms with Gasteiger partial charge in [0.25, 0.3) is 0 Å². The Morgan fingerprint density at radius 2 is 1.73 bits per heavy atom. The molecule has 3 aliphatic rings. The van der Waals surface area contributed by atoms with E-state index in [1.54, 1.807) is 36.4 Å². The molecule has 6 rings (SSSR count). The predicted molar refractivity (Wildman–Crippen MR) is 152 cm³/mol. The van der Waals surface area contributed by atoms with Crippen LogP contribution in [0.5, 0.6) is 0 Å². The van der Waals surface area contributed by atoms with E-state index in [4.69, 9.17) is 28.9 Å². The number of halogens is 3. The normalized spacial score (nSPS) is 24.6. The largest absolute Gasteiger partial charge is 0.366 e. The van der Waals surface area contributed by atoms with E-state index in [-0.39, 0.29) is 16.5 Å². The molecule has 0 unspecified atom stereocenters. The molecular weight excluding hydrogens is 554 g/mol. The van der Waals surface area contributed by atoms with Gasteiger partial charge in [0.1, 0.15) is 11.2 Å². The number of rotatable bonds is 4. The van der Waals surface area contributed by atoms with Gasteiger partial charge in [0, 0.05) is 33.4 Å². The summed E-state index contributed by atoms with van der Waals surface area (Å²) in [5.74, 6) is -2.92. The number of primary amides is 1. The first-order valence-corrected chi connectivity index (χ1v) is 14.0. The van der Waals surface area contributed by atoms with Crippen LogP contribution >= 0.6 is 23.2 Å². The highest BCUT2D eigenvalue weighted by Gasteiger charge is 2.72. The quantitative estimate of drug-likeness (QED) is 0.325. The fourth-order valence-corrected chi connectivity index (χ4v) is 7.51. The summed E-state index contributed by atoms with van der Waals surface area (Å²) < 4.78 is 15.9. The zero-order chi connectivity index (χ0) is 28.2. The molecule has 1 saturated heterocycles. The molecule has 206 valence electrons. The SMILES string of the molecule is NC(=O)c1ccc(NC(=O)[C@@H]2NC3(CCCCC3)[C@@]3(C(=O)Nc4cc(Cl)ccc43)[C@H]2c2cccc(Cl)c2F)cc1. The fraction of sp³-hybridized carbons (Fsp3) is 0.300. The van der Waals surface area contributed by atoms with Gasteiger partial charge in [-0.2, -0.15) is 0 Å². The Morgan fingerprint density at radius 3 is 2.42 bits per heavy atom. The molecule has 7 nitrogen and oxygen atoms in total. The van der Waals surface area contributed by atoms with E-state index in [1.807, 2.05) is 6.07 Å². The van der Waals surface area contributed by atoms with Crippen LogP contribution in [0.2, 0.25) is 10.0 Å². The molecule has 40 heavy (non-hydrogen) atoms. The van der Waals surface area contributed by atoms with Gasteiger partial charge >= 0.3 is 0 Å². The number of nitrogens with one attached hydrogen (secondary N) is 3. The van der Waals surface area contributed by atoms with E-state index in [0.29, 0.717) is 40.4 Å². The average Bonchev–Trinajstić information content (AvgIpc) is 3.38. The minimum absolute atomic E-state index is 0.0897. The summed E-state index contributed by atoms with van der Waals surface area (Å²) in [6.45, 7) is 0. The van der Waals surface area contributed by atoms with Gasteiger partial charge in [0.15, 0.2) is 0 Å². The van der Waals surface area contributed by atoms with Crippen molar-refractivity contribution >= 4 is 52.3 Å². The van der Waals surface area contributed by atoms with Gasteiger partial charge in [-0.15, -0.1) is 0 Å². The number of anilines is 2. The van der Waals surface area contributed by atoms with Crippen LogP contribution in [0.1, 0.15) is 59.5 Å². The lowest BCUT2D eigenvalue weighted by molar-refractivity contribution is -0.124. The number of hydrogen-bond donors (Lipinski definition) is 4. The van der Waals surface area contributed by atoms with Gasteiger partial charge in [-0.1, -0.05) is 60.7 Å². The Kier molecular flexibility index (Phi) is 6.60.